The Kier molecular flexibility index (Phi) is 7.14. The van der Waals surface area contributed by atoms with Gasteiger partial charge in [-0.05, 0) is 26.0 Å². The summed E-state index contributed by atoms with van der Waals surface area (Å²) in [6.45, 7) is 3.17. The summed E-state index contributed by atoms with van der Waals surface area (Å²) >= 11 is 0. The fraction of sp³-hybridized carbons (Fsp3) is 0.389. The van der Waals surface area contributed by atoms with Gasteiger partial charge in [-0.2, -0.15) is 18.2 Å². The molecule has 2 aromatic heterocycles. The van der Waals surface area contributed by atoms with Crippen LogP contribution in [0.3, 0.4) is 0 Å². The highest BCUT2D eigenvalue weighted by molar-refractivity contribution is 5.96. The van der Waals surface area contributed by atoms with Crippen molar-refractivity contribution in [3.05, 3.63) is 35.2 Å². The minimum atomic E-state index is -4.52. The predicted octanol–water partition coefficient (Wildman–Crippen LogP) is 2.58. The van der Waals surface area contributed by atoms with Crippen LogP contribution in [0, 0.1) is 6.92 Å². The van der Waals surface area contributed by atoms with Crippen molar-refractivity contribution in [3.8, 4) is 11.8 Å². The van der Waals surface area contributed by atoms with Crippen molar-refractivity contribution in [1.82, 2.24) is 20.3 Å². The van der Waals surface area contributed by atoms with E-state index in [0.29, 0.717) is 11.4 Å². The van der Waals surface area contributed by atoms with E-state index in [1.165, 1.54) is 20.1 Å². The molecule has 30 heavy (non-hydrogen) atoms. The van der Waals surface area contributed by atoms with Crippen LogP contribution < -0.4 is 20.1 Å². The lowest BCUT2D eigenvalue weighted by molar-refractivity contribution is -0.154. The lowest BCUT2D eigenvalue weighted by Gasteiger charge is -2.16. The monoisotopic (exact) mass is 427 g/mol. The summed E-state index contributed by atoms with van der Waals surface area (Å²) in [5.74, 6) is -1.36. The van der Waals surface area contributed by atoms with Gasteiger partial charge in [0.05, 0.1) is 18.8 Å². The number of alkyl halides is 3. The summed E-state index contributed by atoms with van der Waals surface area (Å²) in [6, 6.07) is 3.43. The van der Waals surface area contributed by atoms with Gasteiger partial charge in [-0.1, -0.05) is 0 Å². The number of pyridine rings is 1. The first-order chi connectivity index (χ1) is 14.0. The highest BCUT2D eigenvalue weighted by Crippen LogP contribution is 2.23. The second-order valence-corrected chi connectivity index (χ2v) is 6.24. The van der Waals surface area contributed by atoms with Gasteiger partial charge in [-0.25, -0.2) is 9.97 Å². The Morgan fingerprint density at radius 1 is 1.20 bits per heavy atom. The average molecular weight is 427 g/mol. The van der Waals surface area contributed by atoms with Crippen molar-refractivity contribution < 1.29 is 32.2 Å². The lowest BCUT2D eigenvalue weighted by atomic mass is 10.2. The number of amides is 2. The van der Waals surface area contributed by atoms with E-state index < -0.39 is 24.7 Å². The highest BCUT2D eigenvalue weighted by atomic mass is 19.4. The molecule has 0 aliphatic rings. The second-order valence-electron chi connectivity index (χ2n) is 6.24. The maximum Gasteiger partial charge on any atom is 0.422 e. The molecule has 0 spiro atoms. The molecule has 2 amide bonds. The number of hydrogen-bond acceptors (Lipinski definition) is 7. The Balaban J connectivity index is 2.17. The first-order valence-electron chi connectivity index (χ1n) is 8.67. The fourth-order valence-corrected chi connectivity index (χ4v) is 2.36. The van der Waals surface area contributed by atoms with Crippen LogP contribution in [0.15, 0.2) is 18.2 Å². The minimum Gasteiger partial charge on any atom is -0.480 e. The van der Waals surface area contributed by atoms with Crippen molar-refractivity contribution >= 4 is 17.8 Å². The molecule has 0 aliphatic carbocycles. The average Bonchev–Trinajstić information content (AvgIpc) is 2.64. The van der Waals surface area contributed by atoms with Gasteiger partial charge in [0.1, 0.15) is 5.56 Å². The van der Waals surface area contributed by atoms with Gasteiger partial charge in [0.2, 0.25) is 23.6 Å². The Morgan fingerprint density at radius 2 is 1.90 bits per heavy atom. The molecular weight excluding hydrogens is 407 g/mol. The second kappa shape index (κ2) is 9.37. The molecule has 0 radical (unpaired) electrons. The summed E-state index contributed by atoms with van der Waals surface area (Å²) in [7, 11) is 1.23. The summed E-state index contributed by atoms with van der Waals surface area (Å²) in [4.78, 5) is 35.9. The quantitative estimate of drug-likeness (QED) is 0.698. The highest BCUT2D eigenvalue weighted by Gasteiger charge is 2.29. The third-order valence-corrected chi connectivity index (χ3v) is 3.61. The zero-order valence-electron chi connectivity index (χ0n) is 16.6. The van der Waals surface area contributed by atoms with Crippen molar-refractivity contribution in [2.45, 2.75) is 33.0 Å². The molecule has 0 aliphatic heterocycles. The molecule has 0 aromatic carbocycles. The number of aromatic nitrogens is 3. The topological polar surface area (TPSA) is 115 Å². The van der Waals surface area contributed by atoms with Crippen LogP contribution in [0.4, 0.5) is 19.1 Å². The summed E-state index contributed by atoms with van der Waals surface area (Å²) < 4.78 is 46.4. The van der Waals surface area contributed by atoms with E-state index in [-0.39, 0.29) is 29.2 Å². The Morgan fingerprint density at radius 3 is 2.50 bits per heavy atom. The van der Waals surface area contributed by atoms with E-state index in [1.54, 1.807) is 19.9 Å². The van der Waals surface area contributed by atoms with Crippen LogP contribution in [0.25, 0.3) is 0 Å². The number of halogens is 3. The number of hydrogen-bond donors (Lipinski definition) is 2. The Labute approximate surface area is 170 Å². The van der Waals surface area contributed by atoms with Gasteiger partial charge in [0.15, 0.2) is 6.61 Å². The van der Waals surface area contributed by atoms with Gasteiger partial charge in [0.25, 0.3) is 5.91 Å². The first-order valence-corrected chi connectivity index (χ1v) is 8.67. The minimum absolute atomic E-state index is 0.00317. The molecule has 0 saturated carbocycles. The molecule has 0 bridgehead atoms. The molecule has 0 saturated heterocycles. The van der Waals surface area contributed by atoms with Gasteiger partial charge in [-0.3, -0.25) is 14.9 Å². The molecule has 2 rings (SSSR count). The number of carbonyl (C=O) groups is 2. The molecule has 162 valence electrons. The SMILES string of the molecule is COc1nc(OCC(F)(F)F)ccc1C(=O)NC(C)c1cc(C)nc(NC(C)=O)n1. The van der Waals surface area contributed by atoms with Crippen LogP contribution in [0.1, 0.15) is 41.6 Å². The van der Waals surface area contributed by atoms with Crippen LogP contribution in [0.5, 0.6) is 11.8 Å². The molecule has 1 atom stereocenters. The van der Waals surface area contributed by atoms with Crippen LogP contribution in [0.2, 0.25) is 0 Å². The van der Waals surface area contributed by atoms with Crippen LogP contribution in [-0.2, 0) is 4.79 Å². The number of anilines is 1. The Bertz CT molecular complexity index is 937. The van der Waals surface area contributed by atoms with Crippen molar-refractivity contribution in [1.29, 1.82) is 0 Å². The van der Waals surface area contributed by atoms with Crippen LogP contribution >= 0.6 is 0 Å². The third-order valence-electron chi connectivity index (χ3n) is 3.61. The van der Waals surface area contributed by atoms with Gasteiger partial charge >= 0.3 is 6.18 Å². The number of ether oxygens (including phenoxy) is 2. The van der Waals surface area contributed by atoms with E-state index in [4.69, 9.17) is 4.74 Å². The zero-order chi connectivity index (χ0) is 22.5. The maximum atomic E-state index is 12.6. The lowest BCUT2D eigenvalue weighted by Crippen LogP contribution is -2.28. The van der Waals surface area contributed by atoms with Gasteiger partial charge < -0.3 is 14.8 Å². The van der Waals surface area contributed by atoms with Crippen LogP contribution in [-0.4, -0.2) is 46.7 Å². The number of methoxy groups -OCH3 is 1. The normalized spacial score (nSPS) is 12.1. The summed E-state index contributed by atoms with van der Waals surface area (Å²) in [6.07, 6.45) is -4.52. The molecule has 2 aromatic rings. The molecule has 12 heteroatoms. The van der Waals surface area contributed by atoms with E-state index in [9.17, 15) is 22.8 Å². The molecule has 0 fully saturated rings. The maximum absolute atomic E-state index is 12.6. The number of nitrogens with zero attached hydrogens (tertiary/aromatic N) is 3. The van der Waals surface area contributed by atoms with Gasteiger partial charge in [0, 0.05) is 18.7 Å². The third kappa shape index (κ3) is 6.57. The Hall–Kier alpha value is -3.44. The van der Waals surface area contributed by atoms with E-state index >= 15 is 0 Å². The molecular formula is C18H20F3N5O4. The fourth-order valence-electron chi connectivity index (χ4n) is 2.36. The van der Waals surface area contributed by atoms with E-state index in [0.717, 1.165) is 6.07 Å². The molecule has 2 heterocycles. The van der Waals surface area contributed by atoms with Gasteiger partial charge in [-0.15, -0.1) is 0 Å². The summed E-state index contributed by atoms with van der Waals surface area (Å²) in [5.41, 5.74) is 1.02. The number of nitrogens with one attached hydrogen (secondary N) is 2. The van der Waals surface area contributed by atoms with Crippen molar-refractivity contribution in [3.63, 3.8) is 0 Å². The predicted molar refractivity (Wildman–Crippen MR) is 99.3 cm³/mol. The van der Waals surface area contributed by atoms with Crippen molar-refractivity contribution in [2.75, 3.05) is 19.0 Å². The van der Waals surface area contributed by atoms with E-state index in [1.807, 2.05) is 0 Å². The number of rotatable bonds is 7. The molecule has 1 unspecified atom stereocenters. The number of aryl methyl sites for hydroxylation is 1. The molecule has 9 nitrogen and oxygen atoms in total. The first kappa shape index (κ1) is 22.8. The largest absolute Gasteiger partial charge is 0.480 e. The van der Waals surface area contributed by atoms with Crippen molar-refractivity contribution in [2.24, 2.45) is 0 Å². The smallest absolute Gasteiger partial charge is 0.422 e. The standard InChI is InChI=1S/C18H20F3N5O4/c1-9-7-13(25-17(22-9)24-11(3)27)10(2)23-15(28)12-5-6-14(26-16(12)29-4)30-8-18(19,20)21/h5-7,10H,8H2,1-4H3,(H,23,28)(H,22,24,25,27). The summed E-state index contributed by atoms with van der Waals surface area (Å²) in [5, 5.41) is 5.16. The number of carbonyl (C=O) groups excluding carboxylic acids is 2. The molecule has 2 N–H and O–H groups in total. The zero-order valence-corrected chi connectivity index (χ0v) is 16.6. The van der Waals surface area contributed by atoms with E-state index in [2.05, 4.69) is 30.3 Å².